The van der Waals surface area contributed by atoms with Gasteiger partial charge in [0.2, 0.25) is 0 Å². The van der Waals surface area contributed by atoms with E-state index in [-0.39, 0.29) is 6.04 Å². The average molecular weight is 389 g/mol. The standard InChI is InChI=1S/C13H11Br2NOS/c14-11-6-9(13(15)18-11)12(16)8-1-2-10-7(5-8)3-4-17-10/h1-2,5-6,12H,3-4,16H2. The zero-order chi connectivity index (χ0) is 12.7. The molecule has 0 amide bonds. The number of rotatable bonds is 2. The maximum atomic E-state index is 6.34. The molecule has 0 radical (unpaired) electrons. The third-order valence-corrected chi connectivity index (χ3v) is 5.48. The summed E-state index contributed by atoms with van der Waals surface area (Å²) in [5.41, 5.74) is 9.84. The largest absolute Gasteiger partial charge is 0.493 e. The van der Waals surface area contributed by atoms with Crippen LogP contribution in [0.1, 0.15) is 22.7 Å². The number of thiophene rings is 1. The number of benzene rings is 1. The van der Waals surface area contributed by atoms with Crippen LogP contribution in [0.2, 0.25) is 0 Å². The fraction of sp³-hybridized carbons (Fsp3) is 0.231. The maximum absolute atomic E-state index is 6.34. The normalized spacial score (nSPS) is 15.3. The third-order valence-electron chi connectivity index (χ3n) is 3.09. The van der Waals surface area contributed by atoms with Gasteiger partial charge < -0.3 is 10.5 Å². The summed E-state index contributed by atoms with van der Waals surface area (Å²) in [5, 5.41) is 0. The van der Waals surface area contributed by atoms with E-state index in [1.165, 1.54) is 5.56 Å². The van der Waals surface area contributed by atoms with Gasteiger partial charge in [0.05, 0.1) is 20.2 Å². The number of hydrogen-bond donors (Lipinski definition) is 1. The second kappa shape index (κ2) is 4.96. The Bertz CT molecular complexity index is 597. The van der Waals surface area contributed by atoms with Gasteiger partial charge in [-0.1, -0.05) is 12.1 Å². The lowest BCUT2D eigenvalue weighted by Gasteiger charge is -2.12. The van der Waals surface area contributed by atoms with Crippen LogP contribution in [0.4, 0.5) is 0 Å². The van der Waals surface area contributed by atoms with Crippen molar-refractivity contribution in [2.45, 2.75) is 12.5 Å². The van der Waals surface area contributed by atoms with Crippen LogP contribution in [0.5, 0.6) is 5.75 Å². The Labute approximate surface area is 126 Å². The SMILES string of the molecule is NC(c1ccc2c(c1)CCO2)c1cc(Br)sc1Br. The van der Waals surface area contributed by atoms with Crippen molar-refractivity contribution in [2.24, 2.45) is 5.73 Å². The number of nitrogens with two attached hydrogens (primary N) is 1. The van der Waals surface area contributed by atoms with Crippen LogP contribution in [0.15, 0.2) is 31.8 Å². The van der Waals surface area contributed by atoms with Gasteiger partial charge in [0.15, 0.2) is 0 Å². The summed E-state index contributed by atoms with van der Waals surface area (Å²) in [7, 11) is 0. The van der Waals surface area contributed by atoms with Gasteiger partial charge in [-0.2, -0.15) is 0 Å². The Kier molecular flexibility index (Phi) is 3.49. The Morgan fingerprint density at radius 1 is 1.28 bits per heavy atom. The third kappa shape index (κ3) is 2.25. The van der Waals surface area contributed by atoms with E-state index in [1.807, 2.05) is 12.1 Å². The molecule has 94 valence electrons. The highest BCUT2D eigenvalue weighted by Crippen LogP contribution is 2.38. The Morgan fingerprint density at radius 2 is 2.11 bits per heavy atom. The van der Waals surface area contributed by atoms with Crippen molar-refractivity contribution < 1.29 is 4.74 Å². The Morgan fingerprint density at radius 3 is 2.83 bits per heavy atom. The van der Waals surface area contributed by atoms with E-state index >= 15 is 0 Å². The van der Waals surface area contributed by atoms with E-state index in [4.69, 9.17) is 10.5 Å². The summed E-state index contributed by atoms with van der Waals surface area (Å²) < 4.78 is 7.68. The van der Waals surface area contributed by atoms with Gasteiger partial charge in [-0.15, -0.1) is 11.3 Å². The molecule has 1 atom stereocenters. The minimum Gasteiger partial charge on any atom is -0.493 e. The summed E-state index contributed by atoms with van der Waals surface area (Å²) >= 11 is 8.69. The molecule has 1 aromatic carbocycles. The number of hydrogen-bond acceptors (Lipinski definition) is 3. The summed E-state index contributed by atoms with van der Waals surface area (Å²) in [6.07, 6.45) is 0.977. The van der Waals surface area contributed by atoms with Gasteiger partial charge in [0.1, 0.15) is 5.75 Å². The number of halogens is 2. The summed E-state index contributed by atoms with van der Waals surface area (Å²) in [6.45, 7) is 0.779. The van der Waals surface area contributed by atoms with Crippen LogP contribution >= 0.6 is 43.2 Å². The number of fused-ring (bicyclic) bond motifs is 1. The quantitative estimate of drug-likeness (QED) is 0.834. The van der Waals surface area contributed by atoms with E-state index in [0.29, 0.717) is 0 Å². The van der Waals surface area contributed by atoms with Gasteiger partial charge in [-0.3, -0.25) is 0 Å². The molecule has 0 aliphatic carbocycles. The van der Waals surface area contributed by atoms with Crippen LogP contribution < -0.4 is 10.5 Å². The van der Waals surface area contributed by atoms with Crippen molar-refractivity contribution in [1.82, 2.24) is 0 Å². The van der Waals surface area contributed by atoms with Crippen molar-refractivity contribution in [3.63, 3.8) is 0 Å². The molecular weight excluding hydrogens is 378 g/mol. The first-order chi connectivity index (χ1) is 8.65. The van der Waals surface area contributed by atoms with Crippen LogP contribution in [0, 0.1) is 0 Å². The van der Waals surface area contributed by atoms with E-state index in [0.717, 1.165) is 37.5 Å². The highest BCUT2D eigenvalue weighted by Gasteiger charge is 2.18. The van der Waals surface area contributed by atoms with Crippen molar-refractivity contribution in [3.05, 3.63) is 48.5 Å². The first kappa shape index (κ1) is 12.7. The summed E-state index contributed by atoms with van der Waals surface area (Å²) in [4.78, 5) is 0. The average Bonchev–Trinajstić information content (AvgIpc) is 2.93. The van der Waals surface area contributed by atoms with E-state index < -0.39 is 0 Å². The lowest BCUT2D eigenvalue weighted by Crippen LogP contribution is -2.11. The molecule has 18 heavy (non-hydrogen) atoms. The molecule has 0 saturated heterocycles. The molecule has 2 nitrogen and oxygen atoms in total. The molecule has 1 aromatic heterocycles. The van der Waals surface area contributed by atoms with Crippen LogP contribution in [0.25, 0.3) is 0 Å². The molecule has 5 heteroatoms. The lowest BCUT2D eigenvalue weighted by atomic mass is 9.99. The van der Waals surface area contributed by atoms with Crippen molar-refractivity contribution >= 4 is 43.2 Å². The van der Waals surface area contributed by atoms with E-state index in [9.17, 15) is 0 Å². The fourth-order valence-corrected chi connectivity index (χ4v) is 5.07. The van der Waals surface area contributed by atoms with E-state index in [2.05, 4.69) is 44.0 Å². The highest BCUT2D eigenvalue weighted by molar-refractivity contribution is 9.12. The zero-order valence-electron chi connectivity index (χ0n) is 9.45. The van der Waals surface area contributed by atoms with Gasteiger partial charge in [0.25, 0.3) is 0 Å². The number of ether oxygens (including phenoxy) is 1. The molecule has 0 spiro atoms. The Balaban J connectivity index is 1.97. The first-order valence-electron chi connectivity index (χ1n) is 5.61. The Hall–Kier alpha value is -0.360. The molecule has 0 saturated carbocycles. The summed E-state index contributed by atoms with van der Waals surface area (Å²) in [5.74, 6) is 0.997. The second-order valence-electron chi connectivity index (χ2n) is 4.22. The fourth-order valence-electron chi connectivity index (χ4n) is 2.14. The molecule has 0 fully saturated rings. The molecule has 3 rings (SSSR count). The van der Waals surface area contributed by atoms with Crippen molar-refractivity contribution in [1.29, 1.82) is 0 Å². The molecule has 2 N–H and O–H groups in total. The molecule has 2 heterocycles. The van der Waals surface area contributed by atoms with Crippen molar-refractivity contribution in [2.75, 3.05) is 6.61 Å². The minimum atomic E-state index is -0.104. The van der Waals surface area contributed by atoms with E-state index in [1.54, 1.807) is 11.3 Å². The molecule has 1 aliphatic heterocycles. The predicted molar refractivity (Wildman–Crippen MR) is 81.4 cm³/mol. The zero-order valence-corrected chi connectivity index (χ0v) is 13.4. The van der Waals surface area contributed by atoms with Crippen LogP contribution in [0.3, 0.4) is 0 Å². The van der Waals surface area contributed by atoms with Crippen LogP contribution in [-0.4, -0.2) is 6.61 Å². The first-order valence-corrected chi connectivity index (χ1v) is 8.01. The molecule has 1 aliphatic rings. The molecular formula is C13H11Br2NOS. The predicted octanol–water partition coefficient (Wildman–Crippen LogP) is 4.26. The van der Waals surface area contributed by atoms with Gasteiger partial charge >= 0.3 is 0 Å². The molecule has 2 aromatic rings. The second-order valence-corrected chi connectivity index (χ2v) is 7.97. The smallest absolute Gasteiger partial charge is 0.122 e. The minimum absolute atomic E-state index is 0.104. The van der Waals surface area contributed by atoms with Gasteiger partial charge in [-0.05, 0) is 60.7 Å². The van der Waals surface area contributed by atoms with Gasteiger partial charge in [-0.25, -0.2) is 0 Å². The summed E-state index contributed by atoms with van der Waals surface area (Å²) in [6, 6.07) is 8.20. The van der Waals surface area contributed by atoms with Gasteiger partial charge in [0, 0.05) is 6.42 Å². The molecule has 1 unspecified atom stereocenters. The maximum Gasteiger partial charge on any atom is 0.122 e. The highest BCUT2D eigenvalue weighted by atomic mass is 79.9. The monoisotopic (exact) mass is 387 g/mol. The lowest BCUT2D eigenvalue weighted by molar-refractivity contribution is 0.357. The van der Waals surface area contributed by atoms with Crippen molar-refractivity contribution in [3.8, 4) is 5.75 Å². The molecule has 0 bridgehead atoms. The van der Waals surface area contributed by atoms with Crippen LogP contribution in [-0.2, 0) is 6.42 Å². The topological polar surface area (TPSA) is 35.2 Å².